The summed E-state index contributed by atoms with van der Waals surface area (Å²) in [6.45, 7) is 15.5. The Morgan fingerprint density at radius 1 is 0.583 bits per heavy atom. The number of benzene rings is 2. The van der Waals surface area contributed by atoms with Gasteiger partial charge in [0.25, 0.3) is 0 Å². The van der Waals surface area contributed by atoms with Gasteiger partial charge in [0.15, 0.2) is 0 Å². The fraction of sp³-hybridized carbons (Fsp3) is 0.400. The van der Waals surface area contributed by atoms with Gasteiger partial charge in [0.05, 0.1) is 0 Å². The standard InChI is InChI=1S/2C7H6BrF.3C2H6/c2*1-5-4-6(8)2-3-7(5)9;3*1-2/h2*2-4H,1H3;3*1-2H3. The maximum atomic E-state index is 12.5. The minimum Gasteiger partial charge on any atom is -0.207 e. The topological polar surface area (TPSA) is 0 Å². The molecule has 0 fully saturated rings. The Hall–Kier alpha value is -0.740. The van der Waals surface area contributed by atoms with Crippen LogP contribution >= 0.6 is 31.9 Å². The summed E-state index contributed by atoms with van der Waals surface area (Å²) in [5, 5.41) is 0. The van der Waals surface area contributed by atoms with Crippen molar-refractivity contribution in [1.29, 1.82) is 0 Å². The number of hydrogen-bond donors (Lipinski definition) is 0. The first kappa shape index (κ1) is 28.1. The molecule has 0 nitrogen and oxygen atoms in total. The third-order valence-electron chi connectivity index (χ3n) is 2.24. The van der Waals surface area contributed by atoms with E-state index in [2.05, 4.69) is 31.9 Å². The fourth-order valence-corrected chi connectivity index (χ4v) is 2.17. The highest BCUT2D eigenvalue weighted by atomic mass is 79.9. The second kappa shape index (κ2) is 18.6. The van der Waals surface area contributed by atoms with Gasteiger partial charge in [-0.25, -0.2) is 8.78 Å². The van der Waals surface area contributed by atoms with Gasteiger partial charge in [0.1, 0.15) is 11.6 Å². The van der Waals surface area contributed by atoms with Crippen LogP contribution < -0.4 is 0 Å². The van der Waals surface area contributed by atoms with Gasteiger partial charge in [0.2, 0.25) is 0 Å². The normalized spacial score (nSPS) is 8.00. The molecule has 0 radical (unpaired) electrons. The van der Waals surface area contributed by atoms with Gasteiger partial charge < -0.3 is 0 Å². The molecule has 0 saturated carbocycles. The predicted octanol–water partition coefficient (Wildman–Crippen LogP) is 8.87. The van der Waals surface area contributed by atoms with Gasteiger partial charge in [-0.15, -0.1) is 0 Å². The van der Waals surface area contributed by atoms with Gasteiger partial charge in [-0.05, 0) is 61.4 Å². The highest BCUT2D eigenvalue weighted by molar-refractivity contribution is 9.10. The second-order valence-electron chi connectivity index (χ2n) is 3.79. The van der Waals surface area contributed by atoms with Crippen molar-refractivity contribution in [2.45, 2.75) is 55.4 Å². The van der Waals surface area contributed by atoms with E-state index in [-0.39, 0.29) is 11.6 Å². The molecule has 2 aromatic rings. The van der Waals surface area contributed by atoms with Crippen LogP contribution in [0.1, 0.15) is 52.7 Å². The van der Waals surface area contributed by atoms with Gasteiger partial charge in [0, 0.05) is 8.95 Å². The minimum absolute atomic E-state index is 0.154. The van der Waals surface area contributed by atoms with Crippen molar-refractivity contribution >= 4 is 31.9 Å². The van der Waals surface area contributed by atoms with Crippen LogP contribution in [0.25, 0.3) is 0 Å². The van der Waals surface area contributed by atoms with Crippen molar-refractivity contribution in [3.05, 3.63) is 68.1 Å². The zero-order valence-electron chi connectivity index (χ0n) is 16.0. The summed E-state index contributed by atoms with van der Waals surface area (Å²) in [6, 6.07) is 9.74. The summed E-state index contributed by atoms with van der Waals surface area (Å²) in [7, 11) is 0. The molecule has 0 aliphatic heterocycles. The van der Waals surface area contributed by atoms with Crippen LogP contribution in [-0.4, -0.2) is 0 Å². The quantitative estimate of drug-likeness (QED) is 0.362. The molecule has 138 valence electrons. The van der Waals surface area contributed by atoms with Crippen molar-refractivity contribution < 1.29 is 8.78 Å². The Morgan fingerprint density at radius 2 is 0.833 bits per heavy atom. The van der Waals surface area contributed by atoms with E-state index in [9.17, 15) is 8.78 Å². The minimum atomic E-state index is -0.154. The van der Waals surface area contributed by atoms with Gasteiger partial charge in [-0.3, -0.25) is 0 Å². The Bertz CT molecular complexity index is 492. The Balaban J connectivity index is -0.000000281. The van der Waals surface area contributed by atoms with Crippen molar-refractivity contribution in [2.24, 2.45) is 0 Å². The van der Waals surface area contributed by atoms with Crippen LogP contribution in [0.15, 0.2) is 45.3 Å². The van der Waals surface area contributed by atoms with Crippen molar-refractivity contribution in [3.8, 4) is 0 Å². The lowest BCUT2D eigenvalue weighted by Gasteiger charge is -1.93. The summed E-state index contributed by atoms with van der Waals surface area (Å²) in [5.41, 5.74) is 1.34. The zero-order valence-corrected chi connectivity index (χ0v) is 19.1. The molecule has 0 atom stereocenters. The molecular weight excluding hydrogens is 438 g/mol. The molecule has 0 unspecified atom stereocenters. The molecule has 0 aromatic heterocycles. The lowest BCUT2D eigenvalue weighted by molar-refractivity contribution is 0.618. The summed E-state index contributed by atoms with van der Waals surface area (Å²) in [6.07, 6.45) is 0. The van der Waals surface area contributed by atoms with Crippen molar-refractivity contribution in [1.82, 2.24) is 0 Å². The van der Waals surface area contributed by atoms with Crippen molar-refractivity contribution in [2.75, 3.05) is 0 Å². The maximum Gasteiger partial charge on any atom is 0.126 e. The summed E-state index contributed by atoms with van der Waals surface area (Å²) in [5.74, 6) is -0.309. The van der Waals surface area contributed by atoms with E-state index < -0.39 is 0 Å². The summed E-state index contributed by atoms with van der Waals surface area (Å²) >= 11 is 6.46. The predicted molar refractivity (Wildman–Crippen MR) is 112 cm³/mol. The summed E-state index contributed by atoms with van der Waals surface area (Å²) < 4.78 is 26.8. The number of hydrogen-bond acceptors (Lipinski definition) is 0. The van der Waals surface area contributed by atoms with Crippen LogP contribution in [0.4, 0.5) is 8.78 Å². The average molecular weight is 468 g/mol. The molecule has 24 heavy (non-hydrogen) atoms. The highest BCUT2D eigenvalue weighted by Crippen LogP contribution is 2.14. The van der Waals surface area contributed by atoms with E-state index in [0.717, 1.165) is 8.95 Å². The molecule has 0 saturated heterocycles. The molecule has 0 bridgehead atoms. The van der Waals surface area contributed by atoms with E-state index in [1.165, 1.54) is 12.1 Å². The Morgan fingerprint density at radius 3 is 1.00 bits per heavy atom. The molecule has 0 amide bonds. The van der Waals surface area contributed by atoms with Gasteiger partial charge in [-0.1, -0.05) is 73.4 Å². The lowest BCUT2D eigenvalue weighted by Crippen LogP contribution is -1.78. The Kier molecular flexibility index (Phi) is 21.8. The highest BCUT2D eigenvalue weighted by Gasteiger charge is 1.94. The fourth-order valence-electron chi connectivity index (χ4n) is 1.22. The van der Waals surface area contributed by atoms with E-state index in [1.54, 1.807) is 38.1 Å². The monoisotopic (exact) mass is 466 g/mol. The SMILES string of the molecule is CC.CC.CC.Cc1cc(Br)ccc1F.Cc1cc(Br)ccc1F. The zero-order chi connectivity index (χ0) is 19.7. The van der Waals surface area contributed by atoms with Gasteiger partial charge in [-0.2, -0.15) is 0 Å². The summed E-state index contributed by atoms with van der Waals surface area (Å²) in [4.78, 5) is 0. The van der Waals surface area contributed by atoms with Crippen LogP contribution in [0.5, 0.6) is 0 Å². The molecule has 2 aromatic carbocycles. The molecule has 0 heterocycles. The third kappa shape index (κ3) is 13.7. The smallest absolute Gasteiger partial charge is 0.126 e. The van der Waals surface area contributed by atoms with E-state index in [4.69, 9.17) is 0 Å². The number of rotatable bonds is 0. The molecule has 4 heteroatoms. The number of halogens is 4. The molecule has 0 aliphatic rings. The van der Waals surface area contributed by atoms with Crippen LogP contribution in [0, 0.1) is 25.5 Å². The molecule has 0 spiro atoms. The molecule has 0 aliphatic carbocycles. The van der Waals surface area contributed by atoms with Crippen LogP contribution in [0.3, 0.4) is 0 Å². The molecule has 0 N–H and O–H groups in total. The second-order valence-corrected chi connectivity index (χ2v) is 5.62. The van der Waals surface area contributed by atoms with Crippen LogP contribution in [-0.2, 0) is 0 Å². The third-order valence-corrected chi connectivity index (χ3v) is 3.23. The Labute approximate surface area is 163 Å². The number of aryl methyl sites for hydroxylation is 2. The van der Waals surface area contributed by atoms with Crippen molar-refractivity contribution in [3.63, 3.8) is 0 Å². The van der Waals surface area contributed by atoms with E-state index in [1.807, 2.05) is 41.5 Å². The molecule has 2 rings (SSSR count). The van der Waals surface area contributed by atoms with E-state index >= 15 is 0 Å². The lowest BCUT2D eigenvalue weighted by atomic mass is 10.2. The largest absolute Gasteiger partial charge is 0.207 e. The van der Waals surface area contributed by atoms with Gasteiger partial charge >= 0.3 is 0 Å². The van der Waals surface area contributed by atoms with E-state index in [0.29, 0.717) is 11.1 Å². The first-order valence-electron chi connectivity index (χ1n) is 8.23. The maximum absolute atomic E-state index is 12.5. The first-order valence-corrected chi connectivity index (χ1v) is 9.82. The average Bonchev–Trinajstić information content (AvgIpc) is 2.61. The first-order chi connectivity index (χ1) is 11.4. The van der Waals surface area contributed by atoms with Crippen LogP contribution in [0.2, 0.25) is 0 Å². The molecular formula is C20H30Br2F2.